The van der Waals surface area contributed by atoms with Gasteiger partial charge in [-0.1, -0.05) is 18.2 Å². The standard InChI is InChI=1S/C20H25NO4/c1-22-10-11-25-20-12-17(6-7-19(20)23-2)21-13-15-4-3-5-16-14-24-9-8-18(15)16/h3-7,12,21H,8-11,13-14H2,1-2H3. The highest BCUT2D eigenvalue weighted by Gasteiger charge is 2.13. The van der Waals surface area contributed by atoms with Crippen LogP contribution in [0.3, 0.4) is 0 Å². The predicted molar refractivity (Wildman–Crippen MR) is 97.5 cm³/mol. The third kappa shape index (κ3) is 4.44. The molecule has 0 spiro atoms. The van der Waals surface area contributed by atoms with Gasteiger partial charge in [0.15, 0.2) is 11.5 Å². The SMILES string of the molecule is COCCOc1cc(NCc2cccc3c2CCOC3)ccc1OC. The van der Waals surface area contributed by atoms with Crippen molar-refractivity contribution in [3.05, 3.63) is 53.1 Å². The maximum Gasteiger partial charge on any atom is 0.163 e. The van der Waals surface area contributed by atoms with Gasteiger partial charge in [-0.2, -0.15) is 0 Å². The molecule has 0 amide bonds. The summed E-state index contributed by atoms with van der Waals surface area (Å²) in [5.74, 6) is 1.43. The summed E-state index contributed by atoms with van der Waals surface area (Å²) in [7, 11) is 3.30. The van der Waals surface area contributed by atoms with E-state index in [2.05, 4.69) is 23.5 Å². The van der Waals surface area contributed by atoms with Gasteiger partial charge in [0.05, 0.1) is 26.9 Å². The molecule has 1 aliphatic rings. The average molecular weight is 343 g/mol. The number of ether oxygens (including phenoxy) is 4. The van der Waals surface area contributed by atoms with E-state index in [4.69, 9.17) is 18.9 Å². The fourth-order valence-electron chi connectivity index (χ4n) is 3.00. The van der Waals surface area contributed by atoms with Crippen molar-refractivity contribution in [2.45, 2.75) is 19.6 Å². The Morgan fingerprint density at radius 1 is 1.08 bits per heavy atom. The molecular weight excluding hydrogens is 318 g/mol. The van der Waals surface area contributed by atoms with Crippen LogP contribution in [-0.4, -0.2) is 34.0 Å². The number of methoxy groups -OCH3 is 2. The Balaban J connectivity index is 1.70. The Morgan fingerprint density at radius 2 is 2.00 bits per heavy atom. The molecule has 5 heteroatoms. The van der Waals surface area contributed by atoms with Gasteiger partial charge in [0, 0.05) is 25.4 Å². The first kappa shape index (κ1) is 17.6. The Hall–Kier alpha value is -2.24. The second-order valence-corrected chi connectivity index (χ2v) is 5.92. The summed E-state index contributed by atoms with van der Waals surface area (Å²) >= 11 is 0. The van der Waals surface area contributed by atoms with Crippen molar-refractivity contribution in [3.63, 3.8) is 0 Å². The van der Waals surface area contributed by atoms with E-state index in [1.807, 2.05) is 18.2 Å². The quantitative estimate of drug-likeness (QED) is 0.745. The Labute approximate surface area is 148 Å². The molecule has 5 nitrogen and oxygen atoms in total. The van der Waals surface area contributed by atoms with E-state index in [0.717, 1.165) is 31.0 Å². The van der Waals surface area contributed by atoms with Crippen LogP contribution in [0.2, 0.25) is 0 Å². The molecular formula is C20H25NO4. The number of anilines is 1. The molecule has 0 saturated heterocycles. The molecule has 0 radical (unpaired) electrons. The van der Waals surface area contributed by atoms with Crippen LogP contribution in [0.25, 0.3) is 0 Å². The van der Waals surface area contributed by atoms with Gasteiger partial charge in [0.2, 0.25) is 0 Å². The topological polar surface area (TPSA) is 49.0 Å². The second kappa shape index (κ2) is 8.74. The average Bonchev–Trinajstić information content (AvgIpc) is 2.66. The zero-order valence-electron chi connectivity index (χ0n) is 14.8. The lowest BCUT2D eigenvalue weighted by Crippen LogP contribution is -2.14. The van der Waals surface area contributed by atoms with Crippen LogP contribution in [0.15, 0.2) is 36.4 Å². The number of hydrogen-bond donors (Lipinski definition) is 1. The lowest BCUT2D eigenvalue weighted by Gasteiger charge is -2.20. The van der Waals surface area contributed by atoms with E-state index in [1.54, 1.807) is 14.2 Å². The van der Waals surface area contributed by atoms with E-state index in [9.17, 15) is 0 Å². The molecule has 0 unspecified atom stereocenters. The summed E-state index contributed by atoms with van der Waals surface area (Å²) < 4.78 is 21.7. The number of fused-ring (bicyclic) bond motifs is 1. The van der Waals surface area contributed by atoms with Crippen molar-refractivity contribution in [3.8, 4) is 11.5 Å². The highest BCUT2D eigenvalue weighted by molar-refractivity contribution is 5.55. The molecule has 0 aliphatic carbocycles. The largest absolute Gasteiger partial charge is 0.493 e. The minimum Gasteiger partial charge on any atom is -0.493 e. The third-order valence-corrected chi connectivity index (χ3v) is 4.32. The molecule has 134 valence electrons. The minimum absolute atomic E-state index is 0.489. The van der Waals surface area contributed by atoms with Crippen molar-refractivity contribution >= 4 is 5.69 Å². The summed E-state index contributed by atoms with van der Waals surface area (Å²) in [4.78, 5) is 0. The second-order valence-electron chi connectivity index (χ2n) is 5.92. The van der Waals surface area contributed by atoms with Gasteiger partial charge in [-0.3, -0.25) is 0 Å². The van der Waals surface area contributed by atoms with Crippen molar-refractivity contribution in [2.75, 3.05) is 39.4 Å². The molecule has 2 aromatic rings. The first-order valence-corrected chi connectivity index (χ1v) is 8.53. The summed E-state index contributed by atoms with van der Waals surface area (Å²) in [6.45, 7) is 3.31. The summed E-state index contributed by atoms with van der Waals surface area (Å²) in [5.41, 5.74) is 5.02. The van der Waals surface area contributed by atoms with Gasteiger partial charge in [0.25, 0.3) is 0 Å². The molecule has 25 heavy (non-hydrogen) atoms. The molecule has 0 saturated carbocycles. The van der Waals surface area contributed by atoms with Gasteiger partial charge in [0.1, 0.15) is 6.61 Å². The molecule has 1 heterocycles. The smallest absolute Gasteiger partial charge is 0.163 e. The zero-order chi connectivity index (χ0) is 17.5. The maximum atomic E-state index is 5.75. The van der Waals surface area contributed by atoms with Gasteiger partial charge in [-0.05, 0) is 35.2 Å². The van der Waals surface area contributed by atoms with E-state index >= 15 is 0 Å². The lowest BCUT2D eigenvalue weighted by atomic mass is 9.97. The van der Waals surface area contributed by atoms with Crippen LogP contribution in [0.4, 0.5) is 5.69 Å². The summed E-state index contributed by atoms with van der Waals surface area (Å²) in [6.07, 6.45) is 0.973. The summed E-state index contributed by atoms with van der Waals surface area (Å²) in [5, 5.41) is 3.49. The molecule has 0 bridgehead atoms. The number of nitrogens with one attached hydrogen (secondary N) is 1. The van der Waals surface area contributed by atoms with Crippen LogP contribution in [0, 0.1) is 0 Å². The number of benzene rings is 2. The maximum absolute atomic E-state index is 5.75. The van der Waals surface area contributed by atoms with Gasteiger partial charge < -0.3 is 24.3 Å². The highest BCUT2D eigenvalue weighted by atomic mass is 16.5. The molecule has 1 N–H and O–H groups in total. The Kier molecular flexibility index (Phi) is 6.14. The van der Waals surface area contributed by atoms with E-state index < -0.39 is 0 Å². The van der Waals surface area contributed by atoms with E-state index in [1.165, 1.54) is 16.7 Å². The number of hydrogen-bond acceptors (Lipinski definition) is 5. The first-order valence-electron chi connectivity index (χ1n) is 8.53. The third-order valence-electron chi connectivity index (χ3n) is 4.32. The first-order chi connectivity index (χ1) is 12.3. The van der Waals surface area contributed by atoms with Crippen LogP contribution >= 0.6 is 0 Å². The van der Waals surface area contributed by atoms with Gasteiger partial charge in [-0.25, -0.2) is 0 Å². The summed E-state index contributed by atoms with van der Waals surface area (Å²) in [6, 6.07) is 12.3. The van der Waals surface area contributed by atoms with Crippen molar-refractivity contribution < 1.29 is 18.9 Å². The lowest BCUT2D eigenvalue weighted by molar-refractivity contribution is 0.110. The number of rotatable bonds is 8. The monoisotopic (exact) mass is 343 g/mol. The van der Waals surface area contributed by atoms with Crippen molar-refractivity contribution in [2.24, 2.45) is 0 Å². The van der Waals surface area contributed by atoms with Gasteiger partial charge in [-0.15, -0.1) is 0 Å². The van der Waals surface area contributed by atoms with E-state index in [0.29, 0.717) is 25.6 Å². The molecule has 0 atom stereocenters. The molecule has 3 rings (SSSR count). The fraction of sp³-hybridized carbons (Fsp3) is 0.400. The minimum atomic E-state index is 0.489. The Morgan fingerprint density at radius 3 is 2.84 bits per heavy atom. The van der Waals surface area contributed by atoms with Crippen LogP contribution in [0.5, 0.6) is 11.5 Å². The van der Waals surface area contributed by atoms with Gasteiger partial charge >= 0.3 is 0 Å². The van der Waals surface area contributed by atoms with E-state index in [-0.39, 0.29) is 0 Å². The molecule has 0 aromatic heterocycles. The van der Waals surface area contributed by atoms with Crippen molar-refractivity contribution in [1.29, 1.82) is 0 Å². The Bertz CT molecular complexity index is 702. The highest BCUT2D eigenvalue weighted by Crippen LogP contribution is 2.31. The fourth-order valence-corrected chi connectivity index (χ4v) is 3.00. The zero-order valence-corrected chi connectivity index (χ0v) is 14.8. The van der Waals surface area contributed by atoms with Crippen LogP contribution in [0.1, 0.15) is 16.7 Å². The normalized spacial score (nSPS) is 13.2. The van der Waals surface area contributed by atoms with Crippen molar-refractivity contribution in [1.82, 2.24) is 0 Å². The predicted octanol–water partition coefficient (Wildman–Crippen LogP) is 3.41. The van der Waals surface area contributed by atoms with Crippen LogP contribution < -0.4 is 14.8 Å². The molecule has 2 aromatic carbocycles. The molecule has 0 fully saturated rings. The molecule has 1 aliphatic heterocycles. The van der Waals surface area contributed by atoms with Crippen LogP contribution in [-0.2, 0) is 29.0 Å².